The van der Waals surface area contributed by atoms with Gasteiger partial charge in [-0.25, -0.2) is 0 Å². The molecule has 1 aliphatic heterocycles. The van der Waals surface area contributed by atoms with Gasteiger partial charge in [-0.2, -0.15) is 0 Å². The van der Waals surface area contributed by atoms with Crippen LogP contribution in [-0.2, 0) is 11.3 Å². The Labute approximate surface area is 113 Å². The minimum atomic E-state index is -0.0306. The van der Waals surface area contributed by atoms with Crippen LogP contribution in [0.4, 0.5) is 5.69 Å². The van der Waals surface area contributed by atoms with Crippen molar-refractivity contribution in [2.75, 3.05) is 18.1 Å². The van der Waals surface area contributed by atoms with E-state index in [2.05, 4.69) is 18.7 Å². The van der Waals surface area contributed by atoms with E-state index >= 15 is 0 Å². The van der Waals surface area contributed by atoms with Crippen LogP contribution in [0.1, 0.15) is 25.8 Å². The van der Waals surface area contributed by atoms with Crippen LogP contribution in [0.5, 0.6) is 0 Å². The second-order valence-electron chi connectivity index (χ2n) is 4.75. The van der Waals surface area contributed by atoms with E-state index in [1.165, 1.54) is 0 Å². The number of hydrogen-bond donors (Lipinski definition) is 1. The lowest BCUT2D eigenvalue weighted by molar-refractivity contribution is 0.0298. The predicted octanol–water partition coefficient (Wildman–Crippen LogP) is 2.84. The molecule has 2 unspecified atom stereocenters. The summed E-state index contributed by atoms with van der Waals surface area (Å²) in [7, 11) is 0. The van der Waals surface area contributed by atoms with Crippen molar-refractivity contribution in [2.45, 2.75) is 39.0 Å². The van der Waals surface area contributed by atoms with Crippen LogP contribution < -0.4 is 4.90 Å². The van der Waals surface area contributed by atoms with E-state index in [1.807, 2.05) is 18.2 Å². The van der Waals surface area contributed by atoms with Gasteiger partial charge in [-0.1, -0.05) is 24.6 Å². The van der Waals surface area contributed by atoms with Crippen LogP contribution in [0.2, 0.25) is 5.02 Å². The van der Waals surface area contributed by atoms with Crippen molar-refractivity contribution in [2.24, 2.45) is 0 Å². The topological polar surface area (TPSA) is 32.7 Å². The van der Waals surface area contributed by atoms with Crippen LogP contribution in [0.25, 0.3) is 0 Å². The highest BCUT2D eigenvalue weighted by atomic mass is 35.5. The Hall–Kier alpha value is -0.770. The molecule has 1 N–H and O–H groups in total. The Morgan fingerprint density at radius 3 is 2.94 bits per heavy atom. The third-order valence-corrected chi connectivity index (χ3v) is 3.85. The van der Waals surface area contributed by atoms with Crippen molar-refractivity contribution < 1.29 is 9.84 Å². The average Bonchev–Trinajstić information content (AvgIpc) is 2.38. The second kappa shape index (κ2) is 5.91. The normalized spacial score (nSPS) is 24.3. The largest absolute Gasteiger partial charge is 0.392 e. The molecule has 4 heteroatoms. The molecule has 0 aromatic heterocycles. The van der Waals surface area contributed by atoms with Gasteiger partial charge in [-0.05, 0) is 25.5 Å². The highest BCUT2D eigenvalue weighted by Gasteiger charge is 2.27. The van der Waals surface area contributed by atoms with Crippen molar-refractivity contribution in [3.8, 4) is 0 Å². The lowest BCUT2D eigenvalue weighted by Gasteiger charge is -2.41. The number of nitrogens with zero attached hydrogens (tertiary/aromatic N) is 1. The van der Waals surface area contributed by atoms with Gasteiger partial charge in [0.1, 0.15) is 0 Å². The summed E-state index contributed by atoms with van der Waals surface area (Å²) < 4.78 is 5.70. The molecule has 1 aliphatic rings. The maximum absolute atomic E-state index is 9.51. The molecule has 1 saturated heterocycles. The number of aliphatic hydroxyl groups is 1. The molecule has 0 amide bonds. The first-order chi connectivity index (χ1) is 8.67. The maximum atomic E-state index is 9.51. The fraction of sp³-hybridized carbons (Fsp3) is 0.571. The van der Waals surface area contributed by atoms with Crippen molar-refractivity contribution in [1.29, 1.82) is 0 Å². The summed E-state index contributed by atoms with van der Waals surface area (Å²) in [4.78, 5) is 2.31. The summed E-state index contributed by atoms with van der Waals surface area (Å²) in [5.74, 6) is 0. The fourth-order valence-corrected chi connectivity index (χ4v) is 2.68. The summed E-state index contributed by atoms with van der Waals surface area (Å²) >= 11 is 6.16. The molecule has 0 radical (unpaired) electrons. The van der Waals surface area contributed by atoms with E-state index in [4.69, 9.17) is 16.3 Å². The minimum Gasteiger partial charge on any atom is -0.392 e. The smallest absolute Gasteiger partial charge is 0.0723 e. The molecular formula is C14H20ClNO2. The van der Waals surface area contributed by atoms with Gasteiger partial charge in [-0.15, -0.1) is 0 Å². The number of morpholine rings is 1. The molecule has 0 aliphatic carbocycles. The zero-order valence-electron chi connectivity index (χ0n) is 10.9. The number of hydrogen-bond acceptors (Lipinski definition) is 3. The van der Waals surface area contributed by atoms with Gasteiger partial charge in [-0.3, -0.25) is 0 Å². The van der Waals surface area contributed by atoms with Gasteiger partial charge in [0.05, 0.1) is 25.4 Å². The quantitative estimate of drug-likeness (QED) is 0.916. The Morgan fingerprint density at radius 1 is 1.50 bits per heavy atom. The third-order valence-electron chi connectivity index (χ3n) is 3.50. The van der Waals surface area contributed by atoms with E-state index in [0.717, 1.165) is 30.8 Å². The van der Waals surface area contributed by atoms with Gasteiger partial charge in [0, 0.05) is 22.8 Å². The van der Waals surface area contributed by atoms with Crippen LogP contribution >= 0.6 is 11.6 Å². The molecule has 0 bridgehead atoms. The number of ether oxygens (including phenoxy) is 1. The molecule has 100 valence electrons. The summed E-state index contributed by atoms with van der Waals surface area (Å²) in [5.41, 5.74) is 1.85. The predicted molar refractivity (Wildman–Crippen MR) is 74.2 cm³/mol. The highest BCUT2D eigenvalue weighted by Crippen LogP contribution is 2.31. The van der Waals surface area contributed by atoms with Crippen molar-refractivity contribution in [3.63, 3.8) is 0 Å². The molecule has 18 heavy (non-hydrogen) atoms. The first-order valence-corrected chi connectivity index (χ1v) is 6.81. The molecule has 3 nitrogen and oxygen atoms in total. The van der Waals surface area contributed by atoms with E-state index in [0.29, 0.717) is 11.1 Å². The molecular weight excluding hydrogens is 250 g/mol. The maximum Gasteiger partial charge on any atom is 0.0723 e. The molecule has 2 atom stereocenters. The SMILES string of the molecule is CCC1COC(C)CN1c1cccc(Cl)c1CO. The van der Waals surface area contributed by atoms with Crippen molar-refractivity contribution >= 4 is 17.3 Å². The first kappa shape index (κ1) is 13.7. The van der Waals surface area contributed by atoms with Gasteiger partial charge < -0.3 is 14.7 Å². The van der Waals surface area contributed by atoms with Crippen LogP contribution in [0.3, 0.4) is 0 Å². The number of aliphatic hydroxyl groups excluding tert-OH is 1. The number of rotatable bonds is 3. The van der Waals surface area contributed by atoms with Crippen molar-refractivity contribution in [1.82, 2.24) is 0 Å². The Kier molecular flexibility index (Phi) is 4.49. The van der Waals surface area contributed by atoms with Gasteiger partial charge in [0.2, 0.25) is 0 Å². The summed E-state index contributed by atoms with van der Waals surface area (Å²) in [6.07, 6.45) is 1.22. The van der Waals surface area contributed by atoms with E-state index in [9.17, 15) is 5.11 Å². The lowest BCUT2D eigenvalue weighted by atomic mass is 10.1. The zero-order valence-corrected chi connectivity index (χ0v) is 11.7. The Morgan fingerprint density at radius 2 is 2.28 bits per heavy atom. The molecule has 1 fully saturated rings. The lowest BCUT2D eigenvalue weighted by Crippen LogP contribution is -2.49. The van der Waals surface area contributed by atoms with E-state index in [1.54, 1.807) is 0 Å². The van der Waals surface area contributed by atoms with Crippen LogP contribution in [0, 0.1) is 0 Å². The molecule has 1 heterocycles. The fourth-order valence-electron chi connectivity index (χ4n) is 2.45. The molecule has 0 saturated carbocycles. The van der Waals surface area contributed by atoms with Crippen LogP contribution in [-0.4, -0.2) is 30.4 Å². The number of anilines is 1. The third kappa shape index (κ3) is 2.63. The standard InChI is InChI=1S/C14H20ClNO2/c1-3-11-9-18-10(2)7-16(11)14-6-4-5-13(15)12(14)8-17/h4-6,10-11,17H,3,7-9H2,1-2H3. The highest BCUT2D eigenvalue weighted by molar-refractivity contribution is 6.31. The number of halogens is 1. The van der Waals surface area contributed by atoms with Gasteiger partial charge >= 0.3 is 0 Å². The Balaban J connectivity index is 2.36. The molecule has 0 spiro atoms. The van der Waals surface area contributed by atoms with Gasteiger partial charge in [0.15, 0.2) is 0 Å². The molecule has 2 rings (SSSR count). The summed E-state index contributed by atoms with van der Waals surface area (Å²) in [6.45, 7) is 5.76. The molecule has 1 aromatic carbocycles. The average molecular weight is 270 g/mol. The zero-order chi connectivity index (χ0) is 13.1. The molecule has 1 aromatic rings. The minimum absolute atomic E-state index is 0.0306. The Bertz CT molecular complexity index is 411. The number of benzene rings is 1. The van der Waals surface area contributed by atoms with Crippen molar-refractivity contribution in [3.05, 3.63) is 28.8 Å². The summed E-state index contributed by atoms with van der Waals surface area (Å²) in [6, 6.07) is 6.13. The van der Waals surface area contributed by atoms with E-state index in [-0.39, 0.29) is 12.7 Å². The summed E-state index contributed by atoms with van der Waals surface area (Å²) in [5, 5.41) is 10.1. The first-order valence-electron chi connectivity index (χ1n) is 6.43. The van der Waals surface area contributed by atoms with Gasteiger partial charge in [0.25, 0.3) is 0 Å². The van der Waals surface area contributed by atoms with Crippen LogP contribution in [0.15, 0.2) is 18.2 Å². The second-order valence-corrected chi connectivity index (χ2v) is 5.16. The monoisotopic (exact) mass is 269 g/mol. The van der Waals surface area contributed by atoms with E-state index < -0.39 is 0 Å².